The van der Waals surface area contributed by atoms with Gasteiger partial charge >= 0.3 is 35.8 Å². The van der Waals surface area contributed by atoms with E-state index in [1.807, 2.05) is 0 Å². The molecule has 4 aliphatic carbocycles. The molecule has 11 atom stereocenters. The minimum Gasteiger partial charge on any atom is -0.505 e. The number of esters is 5. The highest BCUT2D eigenvalue weighted by Crippen LogP contribution is 2.65. The van der Waals surface area contributed by atoms with E-state index in [1.54, 1.807) is 54.6 Å². The topological polar surface area (TPSA) is 344 Å². The molecule has 96 heavy (non-hydrogen) atoms. The number of halogens is 2. The normalized spacial score (nSPS) is 24.6. The summed E-state index contributed by atoms with van der Waals surface area (Å²) in [5.74, 6) is -15.1. The highest BCUT2D eigenvalue weighted by atomic mass is 19.1. The largest absolute Gasteiger partial charge is 0.505 e. The van der Waals surface area contributed by atoms with Crippen LogP contribution >= 0.6 is 0 Å². The van der Waals surface area contributed by atoms with Crippen molar-refractivity contribution in [2.24, 2.45) is 16.7 Å². The number of carbonyl (C=O) groups excluding carboxylic acids is 8. The maximum atomic E-state index is 16.5. The van der Waals surface area contributed by atoms with Gasteiger partial charge in [0.15, 0.2) is 41.0 Å². The Labute approximate surface area is 545 Å². The maximum absolute atomic E-state index is 16.5. The number of hydrogen-bond acceptors (Lipinski definition) is 20. The van der Waals surface area contributed by atoms with E-state index in [0.717, 1.165) is 44.2 Å². The van der Waals surface area contributed by atoms with Crippen LogP contribution in [0.2, 0.25) is 0 Å². The van der Waals surface area contributed by atoms with Gasteiger partial charge in [-0.25, -0.2) is 23.2 Å². The van der Waals surface area contributed by atoms with Crippen LogP contribution in [0.1, 0.15) is 114 Å². The molecule has 5 aromatic carbocycles. The molecule has 1 saturated heterocycles. The Hall–Kier alpha value is -10.5. The number of ether oxygens (including phenoxy) is 6. The molecule has 11 rings (SSSR count). The predicted molar refractivity (Wildman–Crippen MR) is 332 cm³/mol. The van der Waals surface area contributed by atoms with Gasteiger partial charge < -0.3 is 63.9 Å². The number of aromatic hydroxyl groups is 1. The number of ketones is 1. The molecule has 498 valence electrons. The number of aromatic carboxylic acids is 1. The molecule has 3 fully saturated rings. The van der Waals surface area contributed by atoms with E-state index >= 15 is 4.79 Å². The van der Waals surface area contributed by atoms with E-state index < -0.39 is 185 Å². The lowest BCUT2D eigenvalue weighted by molar-refractivity contribution is -0.346. The smallest absolute Gasteiger partial charge is 0.338 e. The van der Waals surface area contributed by atoms with Crippen LogP contribution in [0.25, 0.3) is 33.4 Å². The number of rotatable bonds is 17. The third-order valence-electron chi connectivity index (χ3n) is 19.0. The molecule has 2 bridgehead atoms. The van der Waals surface area contributed by atoms with Crippen molar-refractivity contribution in [2.45, 2.75) is 115 Å². The summed E-state index contributed by atoms with van der Waals surface area (Å²) < 4.78 is 73.0. The maximum Gasteiger partial charge on any atom is 0.338 e. The lowest BCUT2D eigenvalue weighted by Crippen LogP contribution is -2.82. The van der Waals surface area contributed by atoms with Crippen molar-refractivity contribution >= 4 is 64.4 Å². The van der Waals surface area contributed by atoms with Crippen molar-refractivity contribution in [3.05, 3.63) is 194 Å². The second-order valence-electron chi connectivity index (χ2n) is 24.9. The molecule has 25 heteroatoms. The van der Waals surface area contributed by atoms with Crippen LogP contribution in [0.3, 0.4) is 0 Å². The molecular weight excluding hydrogens is 1250 g/mol. The van der Waals surface area contributed by atoms with Crippen molar-refractivity contribution in [3.8, 4) is 28.2 Å². The van der Waals surface area contributed by atoms with Crippen LogP contribution in [0, 0.1) is 28.4 Å². The van der Waals surface area contributed by atoms with Gasteiger partial charge in [-0.1, -0.05) is 86.6 Å². The number of phenols is 1. The van der Waals surface area contributed by atoms with Crippen LogP contribution in [0.15, 0.2) is 154 Å². The fourth-order valence-corrected chi connectivity index (χ4v) is 14.2. The van der Waals surface area contributed by atoms with Crippen LogP contribution in [-0.2, 0) is 52.4 Å². The summed E-state index contributed by atoms with van der Waals surface area (Å²) >= 11 is 0. The average molecular weight is 1320 g/mol. The lowest BCUT2D eigenvalue weighted by Gasteiger charge is -2.67. The number of fused-ring (bicyclic) bond motifs is 7. The van der Waals surface area contributed by atoms with Crippen molar-refractivity contribution in [1.29, 1.82) is 0 Å². The van der Waals surface area contributed by atoms with Crippen molar-refractivity contribution in [3.63, 3.8) is 0 Å². The first-order valence-electron chi connectivity index (χ1n) is 30.5. The molecule has 2 aliphatic heterocycles. The molecule has 0 aromatic heterocycles. The number of carbonyl (C=O) groups is 9. The van der Waals surface area contributed by atoms with Gasteiger partial charge in [-0.3, -0.25) is 33.6 Å². The van der Waals surface area contributed by atoms with Gasteiger partial charge in [0.05, 0.1) is 41.5 Å². The zero-order valence-corrected chi connectivity index (χ0v) is 52.3. The summed E-state index contributed by atoms with van der Waals surface area (Å²) in [6.07, 6.45) is -12.8. The summed E-state index contributed by atoms with van der Waals surface area (Å²) in [5, 5.41) is 52.1. The zero-order valence-electron chi connectivity index (χ0n) is 52.3. The number of benzene rings is 6. The number of aliphatic hydroxyl groups is 2. The summed E-state index contributed by atoms with van der Waals surface area (Å²) in [6, 6.07) is 28.6. The van der Waals surface area contributed by atoms with Crippen molar-refractivity contribution < 1.29 is 105 Å². The Bertz CT molecular complexity index is 4400. The molecule has 2 amide bonds. The van der Waals surface area contributed by atoms with E-state index in [-0.39, 0.29) is 66.8 Å². The summed E-state index contributed by atoms with van der Waals surface area (Å²) in [6.45, 7) is 6.74. The number of Topliss-reactive ketones (excluding diaryl/α,β-unsaturated/α-hetero) is 1. The fourth-order valence-electron chi connectivity index (χ4n) is 14.2. The van der Waals surface area contributed by atoms with E-state index in [9.17, 15) is 72.4 Å². The van der Waals surface area contributed by atoms with Crippen molar-refractivity contribution in [1.82, 2.24) is 10.6 Å². The number of carboxylic acid groups (broad SMARTS) is 1. The van der Waals surface area contributed by atoms with Crippen LogP contribution < -0.4 is 16.1 Å². The molecule has 0 spiro atoms. The van der Waals surface area contributed by atoms with Gasteiger partial charge in [0.2, 0.25) is 5.43 Å². The Morgan fingerprint density at radius 3 is 2.02 bits per heavy atom. The molecule has 23 nitrogen and oxygen atoms in total. The third-order valence-corrected chi connectivity index (χ3v) is 19.0. The van der Waals surface area contributed by atoms with Crippen LogP contribution in [-0.4, -0.2) is 135 Å². The third kappa shape index (κ3) is 11.8. The van der Waals surface area contributed by atoms with E-state index in [2.05, 4.69) is 10.6 Å². The van der Waals surface area contributed by atoms with E-state index in [4.69, 9.17) is 32.8 Å². The number of nitrogens with one attached hydrogen (secondary N) is 2. The molecule has 6 aliphatic rings. The number of hydrogen-bond donors (Lipinski definition) is 6. The highest BCUT2D eigenvalue weighted by molar-refractivity contribution is 6.09. The van der Waals surface area contributed by atoms with Gasteiger partial charge in [0, 0.05) is 78.4 Å². The first-order valence-corrected chi connectivity index (χ1v) is 30.5. The Balaban J connectivity index is 0.948. The molecule has 2 heterocycles. The Morgan fingerprint density at radius 1 is 0.740 bits per heavy atom. The predicted octanol–water partition coefficient (Wildman–Crippen LogP) is 7.67. The Morgan fingerprint density at radius 2 is 1.40 bits per heavy atom. The molecule has 2 saturated carbocycles. The zero-order chi connectivity index (χ0) is 69.1. The first kappa shape index (κ1) is 66.9. The van der Waals surface area contributed by atoms with Gasteiger partial charge in [0.1, 0.15) is 41.4 Å². The van der Waals surface area contributed by atoms with E-state index in [1.165, 1.54) is 76.2 Å². The van der Waals surface area contributed by atoms with Gasteiger partial charge in [0.25, 0.3) is 11.8 Å². The lowest BCUT2D eigenvalue weighted by atomic mass is 9.44. The highest BCUT2D eigenvalue weighted by Gasteiger charge is 2.79. The standard InChI is InChI=1S/C71H64F2N2O21/c1-34-51(93-67(88)58(81)57(37-16-10-7-11-17-37)75-64(84)38-18-12-8-13-19-38)32-71(89)62(95-66(87)39-20-14-9-15-21-39)60-69(6,61(82)59(91-35(2)76)56(34)68(71,4)5)52(31-53-70(60,33-90-53)96-36(3)77)94-54(80)24-25-74-63(83)40-22-23-41(42(26-40)65(85)86)55-43-27-45(72)47(78)29-49(43)92-50-30-48(79)46(73)28-44(50)55/h7-23,26-30,51-53,57-60,62,78,81,89H,24-25,31-33H2,1-6H3,(H,74,83)(H,75,84)(H,85,86)/t51-,52-,53+,57-,58+,59+,60?,62?,69+,70-,71+/m0/s1. The second kappa shape index (κ2) is 25.7. The summed E-state index contributed by atoms with van der Waals surface area (Å²) in [7, 11) is 0. The van der Waals surface area contributed by atoms with Gasteiger partial charge in [-0.15, -0.1) is 0 Å². The molecular formula is C71H64F2N2O21. The van der Waals surface area contributed by atoms with Crippen LogP contribution in [0.4, 0.5) is 8.78 Å². The van der Waals surface area contributed by atoms with Gasteiger partial charge in [-0.2, -0.15) is 0 Å². The monoisotopic (exact) mass is 1320 g/mol. The molecule has 0 radical (unpaired) electrons. The minimum absolute atomic E-state index is 0.0261. The number of carboxylic acids is 1. The first-order chi connectivity index (χ1) is 45.5. The number of aliphatic hydroxyl groups excluding tert-OH is 1. The second-order valence-corrected chi connectivity index (χ2v) is 24.9. The summed E-state index contributed by atoms with van der Waals surface area (Å²) in [4.78, 5) is 141. The number of amides is 2. The molecule has 5 aromatic rings. The minimum atomic E-state index is -2.63. The quantitative estimate of drug-likeness (QED) is 0.0220. The average Bonchev–Trinajstić information content (AvgIpc) is 0.668. The van der Waals surface area contributed by atoms with Crippen molar-refractivity contribution in [2.75, 3.05) is 13.2 Å². The van der Waals surface area contributed by atoms with Crippen LogP contribution in [0.5, 0.6) is 5.75 Å². The SMILES string of the molecule is CC(=O)O[C@H]1C(=O)[C@@]2(C)C(C(OC(=O)c3ccccc3)[C@]3(O)C[C@H](OC(=O)[C@H](O)[C@@H](NC(=O)c4ccccc4)c4ccccc4)C(C)=C1C3(C)C)[C@]1(OC(C)=O)CO[C@@H]1C[C@@H]2OC(=O)CCNC(=O)c1ccc(-c2c3cc(F)c(=O)cc-3oc3cc(O)c(F)cc23)c(C(=O)O)c1. The van der Waals surface area contributed by atoms with Gasteiger partial charge in [-0.05, 0) is 84.7 Å². The summed E-state index contributed by atoms with van der Waals surface area (Å²) in [5.41, 5.74) is -11.3. The molecule has 2 unspecified atom stereocenters. The fraction of sp³-hybridized carbons (Fsp3) is 0.324. The Kier molecular flexibility index (Phi) is 17.9. The molecule has 6 N–H and O–H groups in total. The number of phenolic OH excluding ortho intramolecular Hbond substituents is 1. The van der Waals surface area contributed by atoms with E-state index in [0.29, 0.717) is 0 Å².